The summed E-state index contributed by atoms with van der Waals surface area (Å²) in [4.78, 5) is 24.6. The van der Waals surface area contributed by atoms with E-state index in [1.165, 1.54) is 0 Å². The van der Waals surface area contributed by atoms with Crippen LogP contribution in [0.1, 0.15) is 54.6 Å². The topological polar surface area (TPSA) is 88.8 Å². The molecule has 3 rings (SSSR count). The number of methoxy groups -OCH3 is 1. The van der Waals surface area contributed by atoms with E-state index in [4.69, 9.17) is 9.15 Å². The molecule has 0 bridgehead atoms. The van der Waals surface area contributed by atoms with Crippen LogP contribution in [0.3, 0.4) is 0 Å². The number of nitrogens with one attached hydrogen (secondary N) is 1. The lowest BCUT2D eigenvalue weighted by Crippen LogP contribution is -2.44. The van der Waals surface area contributed by atoms with Crippen molar-refractivity contribution in [2.75, 3.05) is 7.11 Å². The van der Waals surface area contributed by atoms with Gasteiger partial charge in [0.2, 0.25) is 0 Å². The molecule has 2 unspecified atom stereocenters. The number of carbonyl (C=O) groups excluding carboxylic acids is 1. The number of furan rings is 1. The van der Waals surface area contributed by atoms with Crippen LogP contribution in [0.15, 0.2) is 28.7 Å². The summed E-state index contributed by atoms with van der Waals surface area (Å²) in [5, 5.41) is 13.3. The number of carboxylic acid groups (broad SMARTS) is 1. The summed E-state index contributed by atoms with van der Waals surface area (Å²) in [6.07, 6.45) is 5.17. The second-order valence-corrected chi connectivity index (χ2v) is 6.86. The van der Waals surface area contributed by atoms with Crippen LogP contribution < -0.4 is 5.32 Å². The molecule has 1 amide bonds. The van der Waals surface area contributed by atoms with Crippen molar-refractivity contribution in [1.82, 2.24) is 5.32 Å². The molecule has 2 N–H and O–H groups in total. The average Bonchev–Trinajstić information content (AvgIpc) is 2.96. The Labute approximate surface area is 152 Å². The molecule has 0 spiro atoms. The van der Waals surface area contributed by atoms with Gasteiger partial charge in [-0.1, -0.05) is 43.9 Å². The number of ether oxygens (including phenoxy) is 1. The van der Waals surface area contributed by atoms with Crippen molar-refractivity contribution >= 4 is 22.8 Å². The molecule has 1 fully saturated rings. The summed E-state index contributed by atoms with van der Waals surface area (Å²) in [7, 11) is 1.57. The summed E-state index contributed by atoms with van der Waals surface area (Å²) < 4.78 is 11.0. The standard InChI is InChI=1S/C20H25NO5/c1-25-12-15-13-8-6-7-11-17(13)26-18(15)19(22)21-16-10-5-3-2-4-9-14(16)20(23)24/h6-8,11,14,16H,2-5,9-10,12H2,1H3,(H,21,22)(H,23,24). The van der Waals surface area contributed by atoms with Crippen molar-refractivity contribution in [1.29, 1.82) is 0 Å². The molecule has 1 aliphatic rings. The first-order valence-electron chi connectivity index (χ1n) is 9.15. The second kappa shape index (κ2) is 8.36. The Bertz CT molecular complexity index is 782. The maximum atomic E-state index is 12.9. The molecule has 1 heterocycles. The number of aliphatic carboxylic acids is 1. The van der Waals surface area contributed by atoms with Crippen LogP contribution in [0.5, 0.6) is 0 Å². The Balaban J connectivity index is 1.87. The smallest absolute Gasteiger partial charge is 0.308 e. The molecule has 6 heteroatoms. The zero-order valence-electron chi connectivity index (χ0n) is 15.0. The maximum absolute atomic E-state index is 12.9. The number of benzene rings is 1. The van der Waals surface area contributed by atoms with Crippen molar-refractivity contribution in [3.63, 3.8) is 0 Å². The molecule has 0 aliphatic heterocycles. The lowest BCUT2D eigenvalue weighted by atomic mass is 9.86. The number of hydrogen-bond donors (Lipinski definition) is 2. The lowest BCUT2D eigenvalue weighted by Gasteiger charge is -2.27. The van der Waals surface area contributed by atoms with Gasteiger partial charge in [0, 0.05) is 24.1 Å². The number of para-hydroxylation sites is 1. The fourth-order valence-electron chi connectivity index (χ4n) is 3.76. The van der Waals surface area contributed by atoms with Gasteiger partial charge in [-0.15, -0.1) is 0 Å². The number of amides is 1. The van der Waals surface area contributed by atoms with Gasteiger partial charge in [-0.05, 0) is 18.9 Å². The van der Waals surface area contributed by atoms with E-state index in [9.17, 15) is 14.7 Å². The normalized spacial score (nSPS) is 21.1. The summed E-state index contributed by atoms with van der Waals surface area (Å²) in [6.45, 7) is 0.257. The first kappa shape index (κ1) is 18.5. The molecule has 0 radical (unpaired) electrons. The Hall–Kier alpha value is -2.34. The van der Waals surface area contributed by atoms with Crippen molar-refractivity contribution < 1.29 is 23.8 Å². The molecule has 2 atom stereocenters. The van der Waals surface area contributed by atoms with Crippen LogP contribution in [0, 0.1) is 5.92 Å². The minimum atomic E-state index is -0.848. The zero-order chi connectivity index (χ0) is 18.5. The van der Waals surface area contributed by atoms with Gasteiger partial charge in [-0.2, -0.15) is 0 Å². The highest BCUT2D eigenvalue weighted by Crippen LogP contribution is 2.28. The molecule has 0 saturated heterocycles. The lowest BCUT2D eigenvalue weighted by molar-refractivity contribution is -0.143. The summed E-state index contributed by atoms with van der Waals surface area (Å²) in [5.41, 5.74) is 1.32. The number of hydrogen-bond acceptors (Lipinski definition) is 4. The molecule has 1 saturated carbocycles. The van der Waals surface area contributed by atoms with Crippen LogP contribution >= 0.6 is 0 Å². The van der Waals surface area contributed by atoms with Gasteiger partial charge >= 0.3 is 5.97 Å². The molecule has 26 heavy (non-hydrogen) atoms. The van der Waals surface area contributed by atoms with Gasteiger partial charge in [0.1, 0.15) is 5.58 Å². The first-order valence-corrected chi connectivity index (χ1v) is 9.15. The van der Waals surface area contributed by atoms with Gasteiger partial charge in [0.25, 0.3) is 5.91 Å². The molecule has 140 valence electrons. The summed E-state index contributed by atoms with van der Waals surface area (Å²) in [6, 6.07) is 7.04. The molecule has 1 aromatic heterocycles. The van der Waals surface area contributed by atoms with Gasteiger partial charge < -0.3 is 19.6 Å². The Morgan fingerprint density at radius 3 is 2.65 bits per heavy atom. The van der Waals surface area contributed by atoms with Gasteiger partial charge in [-0.25, -0.2) is 0 Å². The number of carboxylic acids is 1. The van der Waals surface area contributed by atoms with E-state index in [2.05, 4.69) is 5.32 Å². The highest BCUT2D eigenvalue weighted by Gasteiger charge is 2.31. The van der Waals surface area contributed by atoms with E-state index in [0.29, 0.717) is 24.0 Å². The van der Waals surface area contributed by atoms with E-state index in [1.807, 2.05) is 18.2 Å². The molecule has 1 aliphatic carbocycles. The second-order valence-electron chi connectivity index (χ2n) is 6.86. The Kier molecular flexibility index (Phi) is 5.93. The highest BCUT2D eigenvalue weighted by molar-refractivity contribution is 5.99. The minimum absolute atomic E-state index is 0.208. The van der Waals surface area contributed by atoms with Crippen molar-refractivity contribution in [2.24, 2.45) is 5.92 Å². The van der Waals surface area contributed by atoms with E-state index in [1.54, 1.807) is 13.2 Å². The van der Waals surface area contributed by atoms with Gasteiger partial charge in [-0.3, -0.25) is 9.59 Å². The number of carbonyl (C=O) groups is 2. The predicted molar refractivity (Wildman–Crippen MR) is 97.0 cm³/mol. The highest BCUT2D eigenvalue weighted by atomic mass is 16.5. The molecule has 2 aromatic rings. The van der Waals surface area contributed by atoms with Crippen LogP contribution in [-0.2, 0) is 16.1 Å². The summed E-state index contributed by atoms with van der Waals surface area (Å²) in [5.74, 6) is -1.57. The van der Waals surface area contributed by atoms with Gasteiger partial charge in [0.15, 0.2) is 5.76 Å². The molecular weight excluding hydrogens is 334 g/mol. The largest absolute Gasteiger partial charge is 0.481 e. The third-order valence-corrected chi connectivity index (χ3v) is 5.09. The van der Waals surface area contributed by atoms with E-state index in [0.717, 1.165) is 31.1 Å². The van der Waals surface area contributed by atoms with Crippen molar-refractivity contribution in [2.45, 2.75) is 51.2 Å². The molecule has 6 nitrogen and oxygen atoms in total. The van der Waals surface area contributed by atoms with Gasteiger partial charge in [0.05, 0.1) is 12.5 Å². The Morgan fingerprint density at radius 2 is 1.92 bits per heavy atom. The SMILES string of the molecule is COCc1c(C(=O)NC2CCCCCCC2C(=O)O)oc2ccccc12. The average molecular weight is 359 g/mol. The zero-order valence-corrected chi connectivity index (χ0v) is 15.0. The van der Waals surface area contributed by atoms with Crippen LogP contribution in [0.4, 0.5) is 0 Å². The third-order valence-electron chi connectivity index (χ3n) is 5.09. The number of fused-ring (bicyclic) bond motifs is 1. The maximum Gasteiger partial charge on any atom is 0.308 e. The quantitative estimate of drug-likeness (QED) is 0.849. The predicted octanol–water partition coefficient (Wildman–Crippen LogP) is 3.73. The van der Waals surface area contributed by atoms with Crippen LogP contribution in [0.2, 0.25) is 0 Å². The first-order chi connectivity index (χ1) is 12.6. The van der Waals surface area contributed by atoms with Crippen LogP contribution in [-0.4, -0.2) is 30.1 Å². The molecular formula is C20H25NO5. The Morgan fingerprint density at radius 1 is 1.19 bits per heavy atom. The van der Waals surface area contributed by atoms with E-state index < -0.39 is 11.9 Å². The van der Waals surface area contributed by atoms with Crippen LogP contribution in [0.25, 0.3) is 11.0 Å². The van der Waals surface area contributed by atoms with Crippen molar-refractivity contribution in [3.8, 4) is 0 Å². The van der Waals surface area contributed by atoms with E-state index >= 15 is 0 Å². The van der Waals surface area contributed by atoms with E-state index in [-0.39, 0.29) is 24.3 Å². The third kappa shape index (κ3) is 3.90. The fourth-order valence-corrected chi connectivity index (χ4v) is 3.76. The monoisotopic (exact) mass is 359 g/mol. The molecule has 1 aromatic carbocycles. The summed E-state index contributed by atoms with van der Waals surface area (Å²) >= 11 is 0. The minimum Gasteiger partial charge on any atom is -0.481 e. The number of rotatable bonds is 5. The van der Waals surface area contributed by atoms with Crippen molar-refractivity contribution in [3.05, 3.63) is 35.6 Å². The fraction of sp³-hybridized carbons (Fsp3) is 0.500.